The van der Waals surface area contributed by atoms with Crippen molar-refractivity contribution >= 4 is 12.2 Å². The van der Waals surface area contributed by atoms with Gasteiger partial charge in [0, 0.05) is 37.5 Å². The van der Waals surface area contributed by atoms with Crippen molar-refractivity contribution in [2.24, 2.45) is 0 Å². The summed E-state index contributed by atoms with van der Waals surface area (Å²) in [5.74, 6) is 2.72. The Balaban J connectivity index is 1.57. The van der Waals surface area contributed by atoms with E-state index in [9.17, 15) is 0 Å². The Morgan fingerprint density at radius 3 is 1.53 bits per heavy atom. The highest BCUT2D eigenvalue weighted by molar-refractivity contribution is 5.75. The van der Waals surface area contributed by atoms with Crippen LogP contribution in [-0.2, 0) is 22.7 Å². The summed E-state index contributed by atoms with van der Waals surface area (Å²) in [4.78, 5) is 0. The molecule has 0 unspecified atom stereocenters. The van der Waals surface area contributed by atoms with E-state index in [1.165, 1.54) is 0 Å². The molecule has 0 N–H and O–H groups in total. The summed E-state index contributed by atoms with van der Waals surface area (Å²) in [6, 6.07) is 31.6. The van der Waals surface area contributed by atoms with Crippen molar-refractivity contribution < 1.29 is 28.4 Å². The third-order valence-electron chi connectivity index (χ3n) is 5.57. The summed E-state index contributed by atoms with van der Waals surface area (Å²) in [6.45, 7) is 1.19. The molecule has 0 aliphatic rings. The van der Waals surface area contributed by atoms with Crippen molar-refractivity contribution in [2.75, 3.05) is 27.8 Å². The standard InChI is InChI=1S/C32H32O6/c1-33-23-37-30-18-16-28(32(20-30)38-24-34-2)14-13-27-15-17-29(35-21-25-9-5-3-6-10-25)19-31(27)36-22-26-11-7-4-8-12-26/h3-20H,21-24H2,1-2H3/b14-13-. The van der Waals surface area contributed by atoms with E-state index in [1.54, 1.807) is 14.2 Å². The van der Waals surface area contributed by atoms with Crippen LogP contribution in [0.1, 0.15) is 22.3 Å². The van der Waals surface area contributed by atoms with Crippen LogP contribution >= 0.6 is 0 Å². The number of ether oxygens (including phenoxy) is 6. The molecule has 6 nitrogen and oxygen atoms in total. The maximum absolute atomic E-state index is 6.25. The predicted octanol–water partition coefficient (Wildman–Crippen LogP) is 6.98. The average Bonchev–Trinajstić information content (AvgIpc) is 2.97. The van der Waals surface area contributed by atoms with Crippen LogP contribution in [0.2, 0.25) is 0 Å². The topological polar surface area (TPSA) is 55.4 Å². The fourth-order valence-electron chi connectivity index (χ4n) is 3.64. The van der Waals surface area contributed by atoms with Crippen molar-refractivity contribution in [1.29, 1.82) is 0 Å². The predicted molar refractivity (Wildman–Crippen MR) is 148 cm³/mol. The Labute approximate surface area is 224 Å². The van der Waals surface area contributed by atoms with Gasteiger partial charge in [0.15, 0.2) is 13.6 Å². The fraction of sp³-hybridized carbons (Fsp3) is 0.188. The number of hydrogen-bond donors (Lipinski definition) is 0. The first-order valence-electron chi connectivity index (χ1n) is 12.3. The van der Waals surface area contributed by atoms with Crippen LogP contribution in [-0.4, -0.2) is 27.8 Å². The molecule has 0 atom stereocenters. The normalized spacial score (nSPS) is 10.9. The summed E-state index contributed by atoms with van der Waals surface area (Å²) >= 11 is 0. The molecule has 0 bridgehead atoms. The van der Waals surface area contributed by atoms with Crippen molar-refractivity contribution in [3.8, 4) is 23.0 Å². The van der Waals surface area contributed by atoms with Crippen molar-refractivity contribution in [3.63, 3.8) is 0 Å². The Morgan fingerprint density at radius 1 is 0.500 bits per heavy atom. The summed E-state index contributed by atoms with van der Waals surface area (Å²) < 4.78 is 33.7. The molecule has 0 saturated heterocycles. The Hall–Kier alpha value is -4.26. The summed E-state index contributed by atoms with van der Waals surface area (Å²) in [5.41, 5.74) is 3.96. The molecule has 0 aromatic heterocycles. The highest BCUT2D eigenvalue weighted by atomic mass is 16.7. The van der Waals surface area contributed by atoms with E-state index in [-0.39, 0.29) is 13.6 Å². The van der Waals surface area contributed by atoms with Gasteiger partial charge in [-0.1, -0.05) is 72.8 Å². The van der Waals surface area contributed by atoms with Crippen LogP contribution in [0.3, 0.4) is 0 Å². The summed E-state index contributed by atoms with van der Waals surface area (Å²) in [5, 5.41) is 0. The lowest BCUT2D eigenvalue weighted by Gasteiger charge is -2.13. The van der Waals surface area contributed by atoms with Crippen molar-refractivity contribution in [3.05, 3.63) is 119 Å². The number of hydrogen-bond acceptors (Lipinski definition) is 6. The largest absolute Gasteiger partial charge is 0.489 e. The van der Waals surface area contributed by atoms with Crippen molar-refractivity contribution in [1.82, 2.24) is 0 Å². The van der Waals surface area contributed by atoms with Gasteiger partial charge in [-0.15, -0.1) is 0 Å². The number of rotatable bonds is 14. The first-order valence-corrected chi connectivity index (χ1v) is 12.3. The fourth-order valence-corrected chi connectivity index (χ4v) is 3.64. The molecule has 6 heteroatoms. The number of benzene rings is 4. The van der Waals surface area contributed by atoms with E-state index >= 15 is 0 Å². The minimum absolute atomic E-state index is 0.119. The lowest BCUT2D eigenvalue weighted by molar-refractivity contribution is 0.0459. The minimum Gasteiger partial charge on any atom is -0.489 e. The van der Waals surface area contributed by atoms with E-state index < -0.39 is 0 Å². The van der Waals surface area contributed by atoms with Gasteiger partial charge in [0.05, 0.1) is 0 Å². The highest BCUT2D eigenvalue weighted by Gasteiger charge is 2.08. The smallest absolute Gasteiger partial charge is 0.188 e. The van der Waals surface area contributed by atoms with Crippen LogP contribution < -0.4 is 18.9 Å². The third kappa shape index (κ3) is 8.13. The second-order valence-corrected chi connectivity index (χ2v) is 8.38. The minimum atomic E-state index is 0.119. The molecule has 0 radical (unpaired) electrons. The average molecular weight is 513 g/mol. The van der Waals surface area contributed by atoms with Gasteiger partial charge < -0.3 is 28.4 Å². The zero-order valence-corrected chi connectivity index (χ0v) is 21.7. The van der Waals surface area contributed by atoms with Gasteiger partial charge in [0.1, 0.15) is 36.2 Å². The highest BCUT2D eigenvalue weighted by Crippen LogP contribution is 2.31. The maximum Gasteiger partial charge on any atom is 0.188 e. The molecule has 0 saturated carbocycles. The lowest BCUT2D eigenvalue weighted by atomic mass is 10.1. The zero-order valence-electron chi connectivity index (χ0n) is 21.7. The second-order valence-electron chi connectivity index (χ2n) is 8.38. The maximum atomic E-state index is 6.25. The third-order valence-corrected chi connectivity index (χ3v) is 5.57. The molecule has 0 spiro atoms. The van der Waals surface area contributed by atoms with Crippen molar-refractivity contribution in [2.45, 2.75) is 13.2 Å². The second kappa shape index (κ2) is 14.5. The first kappa shape index (κ1) is 26.8. The van der Waals surface area contributed by atoms with Gasteiger partial charge in [-0.2, -0.15) is 0 Å². The molecular weight excluding hydrogens is 480 g/mol. The quantitative estimate of drug-likeness (QED) is 0.134. The molecule has 0 aliphatic heterocycles. The molecule has 0 fully saturated rings. The summed E-state index contributed by atoms with van der Waals surface area (Å²) in [7, 11) is 3.16. The monoisotopic (exact) mass is 512 g/mol. The molecular formula is C32H32O6. The SMILES string of the molecule is COCOc1ccc(/C=C\c2ccc(OCc3ccccc3)cc2OCc2ccccc2)c(OCOC)c1. The van der Waals surface area contributed by atoms with E-state index in [4.69, 9.17) is 28.4 Å². The van der Waals surface area contributed by atoms with Gasteiger partial charge in [-0.05, 0) is 35.4 Å². The molecule has 0 heterocycles. The van der Waals surface area contributed by atoms with Crippen LogP contribution in [0.25, 0.3) is 12.2 Å². The Bertz CT molecular complexity index is 1290. The van der Waals surface area contributed by atoms with Crippen LogP contribution in [0.4, 0.5) is 0 Å². The molecule has 4 aromatic carbocycles. The van der Waals surface area contributed by atoms with Gasteiger partial charge in [-0.25, -0.2) is 0 Å². The van der Waals surface area contributed by atoms with Crippen LogP contribution in [0.5, 0.6) is 23.0 Å². The number of methoxy groups -OCH3 is 2. The molecule has 196 valence electrons. The van der Waals surface area contributed by atoms with Crippen LogP contribution in [0, 0.1) is 0 Å². The van der Waals surface area contributed by atoms with Gasteiger partial charge in [-0.3, -0.25) is 0 Å². The Kier molecular flexibility index (Phi) is 10.2. The van der Waals surface area contributed by atoms with Gasteiger partial charge in [0.25, 0.3) is 0 Å². The molecule has 38 heavy (non-hydrogen) atoms. The molecule has 0 amide bonds. The van der Waals surface area contributed by atoms with Gasteiger partial charge >= 0.3 is 0 Å². The molecule has 0 aliphatic carbocycles. The van der Waals surface area contributed by atoms with E-state index in [2.05, 4.69) is 0 Å². The zero-order chi connectivity index (χ0) is 26.4. The summed E-state index contributed by atoms with van der Waals surface area (Å²) in [6.07, 6.45) is 3.96. The first-order chi connectivity index (χ1) is 18.7. The van der Waals surface area contributed by atoms with Crippen LogP contribution in [0.15, 0.2) is 97.1 Å². The lowest BCUT2D eigenvalue weighted by Crippen LogP contribution is -2.02. The van der Waals surface area contributed by atoms with E-state index in [1.807, 2.05) is 109 Å². The van der Waals surface area contributed by atoms with E-state index in [0.29, 0.717) is 24.7 Å². The molecule has 4 rings (SSSR count). The molecule has 4 aromatic rings. The Morgan fingerprint density at radius 2 is 0.974 bits per heavy atom. The van der Waals surface area contributed by atoms with E-state index in [0.717, 1.165) is 33.8 Å². The van der Waals surface area contributed by atoms with Gasteiger partial charge in [0.2, 0.25) is 0 Å².